The first-order valence-corrected chi connectivity index (χ1v) is 8.09. The van der Waals surface area contributed by atoms with Gasteiger partial charge in [0.15, 0.2) is 0 Å². The highest BCUT2D eigenvalue weighted by molar-refractivity contribution is 5.79. The Bertz CT molecular complexity index is 342. The van der Waals surface area contributed by atoms with Crippen molar-refractivity contribution in [2.75, 3.05) is 39.8 Å². The van der Waals surface area contributed by atoms with Gasteiger partial charge in [0.25, 0.3) is 0 Å². The summed E-state index contributed by atoms with van der Waals surface area (Å²) in [6.45, 7) is 13.0. The maximum Gasteiger partial charge on any atom is 0.325 e. The summed E-state index contributed by atoms with van der Waals surface area (Å²) in [5.41, 5.74) is 5.42. The molecular weight excluding hydrogens is 266 g/mol. The van der Waals surface area contributed by atoms with Gasteiger partial charge in [0, 0.05) is 25.2 Å². The zero-order valence-electron chi connectivity index (χ0n) is 14.4. The Morgan fingerprint density at radius 1 is 1.33 bits per heavy atom. The van der Waals surface area contributed by atoms with Crippen LogP contribution in [-0.4, -0.2) is 66.7 Å². The predicted octanol–water partition coefficient (Wildman–Crippen LogP) is 1.46. The van der Waals surface area contributed by atoms with Crippen LogP contribution >= 0.6 is 0 Å². The van der Waals surface area contributed by atoms with Gasteiger partial charge in [-0.15, -0.1) is 0 Å². The molecular formula is C16H33N3O2. The fourth-order valence-electron chi connectivity index (χ4n) is 2.76. The minimum absolute atomic E-state index is 0.242. The third-order valence-electron chi connectivity index (χ3n) is 4.56. The molecule has 0 bridgehead atoms. The van der Waals surface area contributed by atoms with E-state index >= 15 is 0 Å². The van der Waals surface area contributed by atoms with Crippen LogP contribution in [0, 0.1) is 0 Å². The number of likely N-dealkylation sites (N-methyl/N-ethyl adjacent to an activating group) is 1. The van der Waals surface area contributed by atoms with E-state index < -0.39 is 5.54 Å². The van der Waals surface area contributed by atoms with Crippen molar-refractivity contribution in [2.24, 2.45) is 5.73 Å². The number of ether oxygens (including phenoxy) is 1. The van der Waals surface area contributed by atoms with Crippen molar-refractivity contribution in [1.82, 2.24) is 9.80 Å². The normalized spacial score (nSPS) is 22.8. The molecule has 0 radical (unpaired) electrons. The molecule has 5 nitrogen and oxygen atoms in total. The van der Waals surface area contributed by atoms with Crippen molar-refractivity contribution in [3.05, 3.63) is 0 Å². The smallest absolute Gasteiger partial charge is 0.325 e. The first kappa shape index (κ1) is 18.4. The molecule has 1 heterocycles. The summed E-state index contributed by atoms with van der Waals surface area (Å²) in [6.07, 6.45) is 2.72. The molecule has 21 heavy (non-hydrogen) atoms. The Labute approximate surface area is 129 Å². The summed E-state index contributed by atoms with van der Waals surface area (Å²) in [7, 11) is 2.19. The summed E-state index contributed by atoms with van der Waals surface area (Å²) in [5.74, 6) is -0.286. The van der Waals surface area contributed by atoms with Gasteiger partial charge in [0.1, 0.15) is 5.54 Å². The average molecular weight is 299 g/mol. The third kappa shape index (κ3) is 5.57. The maximum absolute atomic E-state index is 11.7. The number of carbonyl (C=O) groups is 1. The molecule has 0 aromatic rings. The van der Waals surface area contributed by atoms with Crippen LogP contribution in [-0.2, 0) is 9.53 Å². The molecule has 1 aliphatic heterocycles. The van der Waals surface area contributed by atoms with Gasteiger partial charge in [-0.1, -0.05) is 0 Å². The first-order chi connectivity index (χ1) is 9.69. The number of nitrogens with zero attached hydrogens (tertiary/aromatic N) is 2. The Hall–Kier alpha value is -0.650. The van der Waals surface area contributed by atoms with E-state index in [9.17, 15) is 4.79 Å². The lowest BCUT2D eigenvalue weighted by Crippen LogP contribution is -2.57. The summed E-state index contributed by atoms with van der Waals surface area (Å²) < 4.78 is 5.01. The number of hydrogen-bond acceptors (Lipinski definition) is 5. The number of hydrogen-bond donors (Lipinski definition) is 1. The van der Waals surface area contributed by atoms with Gasteiger partial charge in [-0.25, -0.2) is 0 Å². The minimum Gasteiger partial charge on any atom is -0.465 e. The Kier molecular flexibility index (Phi) is 6.63. The molecule has 2 N–H and O–H groups in total. The minimum atomic E-state index is -0.850. The molecule has 1 fully saturated rings. The van der Waals surface area contributed by atoms with Crippen LogP contribution in [0.25, 0.3) is 0 Å². The number of unbranched alkanes of at least 4 members (excludes halogenated alkanes) is 1. The van der Waals surface area contributed by atoms with Gasteiger partial charge in [-0.05, 0) is 60.5 Å². The number of carbonyl (C=O) groups excluding carboxylic acids is 1. The lowest BCUT2D eigenvalue weighted by atomic mass is 9.95. The molecule has 0 aliphatic carbocycles. The third-order valence-corrected chi connectivity index (χ3v) is 4.56. The number of esters is 1. The van der Waals surface area contributed by atoms with Gasteiger partial charge in [-0.3, -0.25) is 9.69 Å². The molecule has 5 heteroatoms. The molecule has 0 spiro atoms. The maximum atomic E-state index is 11.7. The molecule has 1 saturated heterocycles. The highest BCUT2D eigenvalue weighted by Crippen LogP contribution is 2.20. The second-order valence-corrected chi connectivity index (χ2v) is 7.11. The van der Waals surface area contributed by atoms with Gasteiger partial charge in [0.05, 0.1) is 6.61 Å². The van der Waals surface area contributed by atoms with E-state index in [2.05, 4.69) is 30.7 Å². The second-order valence-electron chi connectivity index (χ2n) is 7.11. The zero-order chi connectivity index (χ0) is 16.1. The first-order valence-electron chi connectivity index (χ1n) is 8.09. The van der Waals surface area contributed by atoms with Crippen LogP contribution in [0.4, 0.5) is 0 Å². The van der Waals surface area contributed by atoms with Crippen LogP contribution in [0.2, 0.25) is 0 Å². The van der Waals surface area contributed by atoms with Gasteiger partial charge in [-0.2, -0.15) is 0 Å². The van der Waals surface area contributed by atoms with E-state index in [1.165, 1.54) is 0 Å². The van der Waals surface area contributed by atoms with Crippen LogP contribution in [0.15, 0.2) is 0 Å². The second kappa shape index (κ2) is 7.56. The number of piperazine rings is 1. The largest absolute Gasteiger partial charge is 0.465 e. The predicted molar refractivity (Wildman–Crippen MR) is 86.2 cm³/mol. The Morgan fingerprint density at radius 2 is 2.00 bits per heavy atom. The van der Waals surface area contributed by atoms with Gasteiger partial charge < -0.3 is 15.4 Å². The summed E-state index contributed by atoms with van der Waals surface area (Å²) in [6, 6.07) is 0. The molecule has 1 aliphatic rings. The molecule has 0 aromatic carbocycles. The van der Waals surface area contributed by atoms with E-state index in [-0.39, 0.29) is 11.5 Å². The van der Waals surface area contributed by atoms with Gasteiger partial charge in [0.2, 0.25) is 0 Å². The highest BCUT2D eigenvalue weighted by Gasteiger charge is 2.31. The Balaban J connectivity index is 2.27. The van der Waals surface area contributed by atoms with Crippen LogP contribution < -0.4 is 5.73 Å². The summed E-state index contributed by atoms with van der Waals surface area (Å²) >= 11 is 0. The molecule has 0 amide bonds. The quantitative estimate of drug-likeness (QED) is 0.570. The fourth-order valence-corrected chi connectivity index (χ4v) is 2.76. The molecule has 0 aromatic heterocycles. The van der Waals surface area contributed by atoms with Crippen molar-refractivity contribution < 1.29 is 9.53 Å². The van der Waals surface area contributed by atoms with Crippen LogP contribution in [0.1, 0.15) is 47.0 Å². The standard InChI is InChI=1S/C16H33N3O2/c1-6-21-14(20)16(4,17)9-7-8-10-19-12-11-18(5)15(2,3)13-19/h6-13,17H2,1-5H3. The topological polar surface area (TPSA) is 58.8 Å². The molecule has 1 atom stereocenters. The molecule has 0 saturated carbocycles. The fraction of sp³-hybridized carbons (Fsp3) is 0.938. The zero-order valence-corrected chi connectivity index (χ0v) is 14.4. The van der Waals surface area contributed by atoms with Crippen molar-refractivity contribution in [2.45, 2.75) is 58.0 Å². The van der Waals surface area contributed by atoms with Crippen molar-refractivity contribution in [3.8, 4) is 0 Å². The van der Waals surface area contributed by atoms with Gasteiger partial charge >= 0.3 is 5.97 Å². The lowest BCUT2D eigenvalue weighted by molar-refractivity contribution is -0.149. The summed E-state index contributed by atoms with van der Waals surface area (Å²) in [5, 5.41) is 0. The average Bonchev–Trinajstić information content (AvgIpc) is 2.39. The molecule has 1 unspecified atom stereocenters. The highest BCUT2D eigenvalue weighted by atomic mass is 16.5. The van der Waals surface area contributed by atoms with Crippen molar-refractivity contribution >= 4 is 5.97 Å². The number of nitrogens with two attached hydrogens (primary N) is 1. The van der Waals surface area contributed by atoms with E-state index in [4.69, 9.17) is 10.5 Å². The number of rotatable bonds is 7. The van der Waals surface area contributed by atoms with Crippen molar-refractivity contribution in [3.63, 3.8) is 0 Å². The summed E-state index contributed by atoms with van der Waals surface area (Å²) in [4.78, 5) is 16.6. The monoisotopic (exact) mass is 299 g/mol. The van der Waals surface area contributed by atoms with E-state index in [0.29, 0.717) is 13.0 Å². The van der Waals surface area contributed by atoms with Crippen LogP contribution in [0.5, 0.6) is 0 Å². The van der Waals surface area contributed by atoms with Crippen molar-refractivity contribution in [1.29, 1.82) is 0 Å². The van der Waals surface area contributed by atoms with E-state index in [1.807, 2.05) is 6.92 Å². The Morgan fingerprint density at radius 3 is 2.57 bits per heavy atom. The van der Waals surface area contributed by atoms with Crippen LogP contribution in [0.3, 0.4) is 0 Å². The van der Waals surface area contributed by atoms with E-state index in [1.54, 1.807) is 6.92 Å². The molecule has 1 rings (SSSR count). The van der Waals surface area contributed by atoms with E-state index in [0.717, 1.165) is 39.0 Å². The lowest BCUT2D eigenvalue weighted by Gasteiger charge is -2.45. The molecule has 124 valence electrons. The SMILES string of the molecule is CCOC(=O)C(C)(N)CCCCN1CCN(C)C(C)(C)C1.